The Morgan fingerprint density at radius 3 is 2.21 bits per heavy atom. The van der Waals surface area contributed by atoms with Crippen molar-refractivity contribution in [2.45, 2.75) is 64.7 Å². The van der Waals surface area contributed by atoms with Gasteiger partial charge in [-0.1, -0.05) is 51.9 Å². The van der Waals surface area contributed by atoms with Crippen LogP contribution in [0.25, 0.3) is 0 Å². The molecule has 1 saturated carbocycles. The van der Waals surface area contributed by atoms with Crippen LogP contribution in [0.3, 0.4) is 0 Å². The van der Waals surface area contributed by atoms with Gasteiger partial charge in [0.05, 0.1) is 12.2 Å². The second-order valence-electron chi connectivity index (χ2n) is 8.83. The number of carbonyl (C=O) groups excluding carboxylic acids is 1. The third-order valence-corrected chi connectivity index (χ3v) is 6.35. The summed E-state index contributed by atoms with van der Waals surface area (Å²) < 4.78 is 38.3. The first-order valence-corrected chi connectivity index (χ1v) is 11.8. The van der Waals surface area contributed by atoms with Crippen molar-refractivity contribution in [3.8, 4) is 17.6 Å². The highest BCUT2D eigenvalue weighted by molar-refractivity contribution is 5.91. The summed E-state index contributed by atoms with van der Waals surface area (Å²) in [6, 6.07) is 9.55. The number of hydrogen-bond acceptors (Lipinski definition) is 4. The molecule has 0 radical (unpaired) electrons. The van der Waals surface area contributed by atoms with Crippen LogP contribution in [-0.2, 0) is 0 Å². The monoisotopic (exact) mass is 455 g/mol. The van der Waals surface area contributed by atoms with E-state index < -0.39 is 23.2 Å². The zero-order valence-electron chi connectivity index (χ0n) is 19.1. The maximum absolute atomic E-state index is 13.7. The molecule has 0 saturated heterocycles. The van der Waals surface area contributed by atoms with Crippen molar-refractivity contribution in [2.24, 2.45) is 11.8 Å². The van der Waals surface area contributed by atoms with E-state index in [0.29, 0.717) is 18.3 Å². The molecule has 33 heavy (non-hydrogen) atoms. The van der Waals surface area contributed by atoms with Crippen molar-refractivity contribution in [2.75, 3.05) is 6.61 Å². The molecular formula is C27H31F2NO3. The fraction of sp³-hybridized carbons (Fsp3) is 0.481. The number of halogens is 2. The SMILES string of the molecule is CCCCCCC1CCC(COc2ccc(C(=O)Oc3cc(F)c(C#N)c(F)c3)cc2)CC1. The van der Waals surface area contributed by atoms with Crippen molar-refractivity contribution in [1.82, 2.24) is 0 Å². The Kier molecular flexibility index (Phi) is 9.24. The number of unbranched alkanes of at least 4 members (excludes halogenated alkanes) is 3. The Bertz CT molecular complexity index is 937. The van der Waals surface area contributed by atoms with E-state index in [1.54, 1.807) is 24.3 Å². The summed E-state index contributed by atoms with van der Waals surface area (Å²) in [5.74, 6) is -1.10. The van der Waals surface area contributed by atoms with Gasteiger partial charge >= 0.3 is 5.97 Å². The molecule has 1 fully saturated rings. The summed E-state index contributed by atoms with van der Waals surface area (Å²) in [5, 5.41) is 8.71. The minimum Gasteiger partial charge on any atom is -0.493 e. The molecule has 2 aromatic carbocycles. The summed E-state index contributed by atoms with van der Waals surface area (Å²) in [6.45, 7) is 2.91. The Morgan fingerprint density at radius 2 is 1.61 bits per heavy atom. The lowest BCUT2D eigenvalue weighted by molar-refractivity contribution is 0.0734. The summed E-state index contributed by atoms with van der Waals surface area (Å²) >= 11 is 0. The molecule has 4 nitrogen and oxygen atoms in total. The van der Waals surface area contributed by atoms with Gasteiger partial charge in [-0.3, -0.25) is 0 Å². The van der Waals surface area contributed by atoms with Gasteiger partial charge in [0.15, 0.2) is 0 Å². The minimum atomic E-state index is -1.07. The molecule has 176 valence electrons. The lowest BCUT2D eigenvalue weighted by Gasteiger charge is -2.28. The van der Waals surface area contributed by atoms with Gasteiger partial charge in [-0.15, -0.1) is 0 Å². The normalized spacial score (nSPS) is 17.9. The van der Waals surface area contributed by atoms with E-state index in [2.05, 4.69) is 6.92 Å². The summed E-state index contributed by atoms with van der Waals surface area (Å²) in [7, 11) is 0. The molecule has 0 amide bonds. The number of ether oxygens (including phenoxy) is 2. The van der Waals surface area contributed by atoms with E-state index in [1.807, 2.05) is 0 Å². The zero-order valence-corrected chi connectivity index (χ0v) is 19.1. The Balaban J connectivity index is 1.43. The third-order valence-electron chi connectivity index (χ3n) is 6.35. The Labute approximate surface area is 194 Å². The molecule has 0 atom stereocenters. The van der Waals surface area contributed by atoms with Crippen molar-refractivity contribution < 1.29 is 23.0 Å². The van der Waals surface area contributed by atoms with Crippen LogP contribution in [0.4, 0.5) is 8.78 Å². The zero-order chi connectivity index (χ0) is 23.6. The van der Waals surface area contributed by atoms with Crippen LogP contribution >= 0.6 is 0 Å². The fourth-order valence-corrected chi connectivity index (χ4v) is 4.33. The number of rotatable bonds is 10. The van der Waals surface area contributed by atoms with Gasteiger partial charge < -0.3 is 9.47 Å². The van der Waals surface area contributed by atoms with E-state index in [1.165, 1.54) is 63.9 Å². The molecule has 0 heterocycles. The molecule has 3 rings (SSSR count). The summed E-state index contributed by atoms with van der Waals surface area (Å²) in [6.07, 6.45) is 11.6. The number of benzene rings is 2. The average molecular weight is 456 g/mol. The second-order valence-corrected chi connectivity index (χ2v) is 8.83. The van der Waals surface area contributed by atoms with Crippen LogP contribution in [0.15, 0.2) is 36.4 Å². The molecular weight excluding hydrogens is 424 g/mol. The fourth-order valence-electron chi connectivity index (χ4n) is 4.33. The first kappa shape index (κ1) is 24.7. The van der Waals surface area contributed by atoms with Gasteiger partial charge in [0.25, 0.3) is 0 Å². The smallest absolute Gasteiger partial charge is 0.343 e. The van der Waals surface area contributed by atoms with Crippen molar-refractivity contribution in [1.29, 1.82) is 5.26 Å². The van der Waals surface area contributed by atoms with Gasteiger partial charge in [0, 0.05) is 12.1 Å². The predicted molar refractivity (Wildman–Crippen MR) is 122 cm³/mol. The third kappa shape index (κ3) is 7.28. The highest BCUT2D eigenvalue weighted by Crippen LogP contribution is 2.32. The van der Waals surface area contributed by atoms with E-state index in [0.717, 1.165) is 18.1 Å². The molecule has 0 spiro atoms. The molecule has 0 N–H and O–H groups in total. The standard InChI is InChI=1S/C27H31F2NO3/c1-2-3-4-5-6-19-7-9-20(10-8-19)18-32-22-13-11-21(12-14-22)27(31)33-23-15-25(28)24(17-30)26(29)16-23/h11-16,19-20H,2-10,18H2,1H3. The van der Waals surface area contributed by atoms with Crippen LogP contribution in [0.2, 0.25) is 0 Å². The Morgan fingerprint density at radius 1 is 0.970 bits per heavy atom. The lowest BCUT2D eigenvalue weighted by atomic mass is 9.80. The van der Waals surface area contributed by atoms with Gasteiger partial charge in [0.2, 0.25) is 0 Å². The van der Waals surface area contributed by atoms with Crippen molar-refractivity contribution >= 4 is 5.97 Å². The van der Waals surface area contributed by atoms with Crippen LogP contribution in [0.5, 0.6) is 11.5 Å². The molecule has 0 unspecified atom stereocenters. The van der Waals surface area contributed by atoms with Gasteiger partial charge in [-0.25, -0.2) is 13.6 Å². The molecule has 6 heteroatoms. The minimum absolute atomic E-state index is 0.233. The van der Waals surface area contributed by atoms with Gasteiger partial charge in [-0.05, 0) is 48.9 Å². The number of nitrogens with zero attached hydrogens (tertiary/aromatic N) is 1. The first-order valence-electron chi connectivity index (χ1n) is 11.8. The van der Waals surface area contributed by atoms with Crippen LogP contribution in [0.1, 0.15) is 80.6 Å². The highest BCUT2D eigenvalue weighted by atomic mass is 19.1. The largest absolute Gasteiger partial charge is 0.493 e. The second kappa shape index (κ2) is 12.3. The van der Waals surface area contributed by atoms with Crippen molar-refractivity contribution in [3.63, 3.8) is 0 Å². The van der Waals surface area contributed by atoms with Crippen molar-refractivity contribution in [3.05, 3.63) is 59.2 Å². The molecule has 0 bridgehead atoms. The van der Waals surface area contributed by atoms with Crippen LogP contribution < -0.4 is 9.47 Å². The van der Waals surface area contributed by atoms with Crippen LogP contribution in [-0.4, -0.2) is 12.6 Å². The number of hydrogen-bond donors (Lipinski definition) is 0. The molecule has 1 aliphatic carbocycles. The average Bonchev–Trinajstić information content (AvgIpc) is 2.81. The number of carbonyl (C=O) groups is 1. The number of esters is 1. The van der Waals surface area contributed by atoms with Gasteiger partial charge in [0.1, 0.15) is 34.8 Å². The highest BCUT2D eigenvalue weighted by Gasteiger charge is 2.21. The lowest BCUT2D eigenvalue weighted by Crippen LogP contribution is -2.20. The van der Waals surface area contributed by atoms with Gasteiger partial charge in [-0.2, -0.15) is 5.26 Å². The maximum atomic E-state index is 13.7. The Hall–Kier alpha value is -2.94. The quantitative estimate of drug-likeness (QED) is 0.216. The van der Waals surface area contributed by atoms with E-state index >= 15 is 0 Å². The molecule has 1 aliphatic rings. The van der Waals surface area contributed by atoms with E-state index in [9.17, 15) is 13.6 Å². The summed E-state index contributed by atoms with van der Waals surface area (Å²) in [4.78, 5) is 12.3. The number of nitriles is 1. The van der Waals surface area contributed by atoms with E-state index in [4.69, 9.17) is 14.7 Å². The maximum Gasteiger partial charge on any atom is 0.343 e. The molecule has 0 aliphatic heterocycles. The summed E-state index contributed by atoms with van der Waals surface area (Å²) in [5.41, 5.74) is -0.479. The topological polar surface area (TPSA) is 59.3 Å². The first-order chi connectivity index (χ1) is 16.0. The molecule has 0 aromatic heterocycles. The predicted octanol–water partition coefficient (Wildman–Crippen LogP) is 7.21. The van der Waals surface area contributed by atoms with Crippen LogP contribution in [0, 0.1) is 34.8 Å². The van der Waals surface area contributed by atoms with E-state index in [-0.39, 0.29) is 11.3 Å². The molecule has 2 aromatic rings.